The van der Waals surface area contributed by atoms with E-state index in [1.807, 2.05) is 0 Å². The van der Waals surface area contributed by atoms with Crippen LogP contribution in [0.3, 0.4) is 0 Å². The quantitative estimate of drug-likeness (QED) is 0.479. The lowest BCUT2D eigenvalue weighted by molar-refractivity contribution is -0.152. The van der Waals surface area contributed by atoms with E-state index >= 15 is 0 Å². The van der Waals surface area contributed by atoms with Gasteiger partial charge in [0, 0.05) is 0 Å². The first-order valence-electron chi connectivity index (χ1n) is 13.4. The number of carboxylic acid groups (broad SMARTS) is 1. The summed E-state index contributed by atoms with van der Waals surface area (Å²) in [4.78, 5) is 11.6. The first-order chi connectivity index (χ1) is 14.2. The molecule has 0 bridgehead atoms. The summed E-state index contributed by atoms with van der Waals surface area (Å²) in [6.07, 6.45) is 15.7. The van der Waals surface area contributed by atoms with E-state index in [4.69, 9.17) is 0 Å². The van der Waals surface area contributed by atoms with Crippen LogP contribution in [0.2, 0.25) is 0 Å². The molecule has 172 valence electrons. The highest BCUT2D eigenvalue weighted by atomic mass is 16.4. The molecule has 0 unspecified atom stereocenters. The van der Waals surface area contributed by atoms with Crippen molar-refractivity contribution in [1.82, 2.24) is 0 Å². The molecule has 0 radical (unpaired) electrons. The van der Waals surface area contributed by atoms with E-state index in [9.17, 15) is 9.90 Å². The summed E-state index contributed by atoms with van der Waals surface area (Å²) in [5, 5.41) is 9.57. The molecule has 30 heavy (non-hydrogen) atoms. The average Bonchev–Trinajstić information content (AvgIpc) is 3.04. The van der Waals surface area contributed by atoms with E-state index in [2.05, 4.69) is 34.6 Å². The standard InChI is InChI=1S/C28H48O2/c1-18(2)7-6-8-19(3)23-11-12-24-22-10-9-21-17-20(26(29)30)13-15-27(21,4)25(22)14-16-28(23,24)5/h18-25H,6-17H2,1-5H3,(H,29,30)/t19-,20-,21+,22+,23-,24+,25+,27+,28-/m1/s1. The van der Waals surface area contributed by atoms with E-state index in [1.54, 1.807) is 0 Å². The van der Waals surface area contributed by atoms with Gasteiger partial charge in [0.2, 0.25) is 0 Å². The van der Waals surface area contributed by atoms with Crippen molar-refractivity contribution in [3.05, 3.63) is 0 Å². The lowest BCUT2D eigenvalue weighted by atomic mass is 9.44. The van der Waals surface area contributed by atoms with Crippen molar-refractivity contribution in [3.8, 4) is 0 Å². The third kappa shape index (κ3) is 3.77. The molecule has 0 amide bonds. The predicted octanol–water partition coefficient (Wildman–Crippen LogP) is 7.81. The van der Waals surface area contributed by atoms with Gasteiger partial charge in [-0.15, -0.1) is 0 Å². The van der Waals surface area contributed by atoms with Crippen LogP contribution in [0.25, 0.3) is 0 Å². The van der Waals surface area contributed by atoms with Crippen LogP contribution >= 0.6 is 0 Å². The van der Waals surface area contributed by atoms with Gasteiger partial charge in [0.05, 0.1) is 5.92 Å². The van der Waals surface area contributed by atoms with E-state index in [1.165, 1.54) is 57.8 Å². The van der Waals surface area contributed by atoms with Gasteiger partial charge in [-0.3, -0.25) is 4.79 Å². The summed E-state index contributed by atoms with van der Waals surface area (Å²) < 4.78 is 0. The Labute approximate surface area is 186 Å². The Bertz CT molecular complexity index is 626. The van der Waals surface area contributed by atoms with Crippen molar-refractivity contribution in [3.63, 3.8) is 0 Å². The molecule has 0 aliphatic heterocycles. The molecule has 0 spiro atoms. The number of hydrogen-bond acceptors (Lipinski definition) is 1. The van der Waals surface area contributed by atoms with Crippen LogP contribution in [0.1, 0.15) is 112 Å². The van der Waals surface area contributed by atoms with Crippen molar-refractivity contribution < 1.29 is 9.90 Å². The highest BCUT2D eigenvalue weighted by Gasteiger charge is 2.60. The van der Waals surface area contributed by atoms with Crippen LogP contribution in [-0.4, -0.2) is 11.1 Å². The molecule has 1 N–H and O–H groups in total. The van der Waals surface area contributed by atoms with Gasteiger partial charge in [-0.05, 0) is 110 Å². The zero-order valence-electron chi connectivity index (χ0n) is 20.5. The van der Waals surface area contributed by atoms with Crippen LogP contribution in [-0.2, 0) is 4.79 Å². The largest absolute Gasteiger partial charge is 0.481 e. The molecule has 4 rings (SSSR count). The Hall–Kier alpha value is -0.530. The first-order valence-corrected chi connectivity index (χ1v) is 13.4. The van der Waals surface area contributed by atoms with Gasteiger partial charge in [-0.2, -0.15) is 0 Å². The summed E-state index contributed by atoms with van der Waals surface area (Å²) in [5.41, 5.74) is 0.983. The number of carbonyl (C=O) groups is 1. The zero-order valence-corrected chi connectivity index (χ0v) is 20.5. The highest BCUT2D eigenvalue weighted by Crippen LogP contribution is 2.68. The number of fused-ring (bicyclic) bond motifs is 5. The molecule has 2 heteroatoms. The van der Waals surface area contributed by atoms with Crippen molar-refractivity contribution in [2.75, 3.05) is 0 Å². The van der Waals surface area contributed by atoms with Crippen LogP contribution in [0.4, 0.5) is 0 Å². The fraction of sp³-hybridized carbons (Fsp3) is 0.964. The van der Waals surface area contributed by atoms with E-state index in [0.717, 1.165) is 54.8 Å². The molecule has 4 fully saturated rings. The van der Waals surface area contributed by atoms with Crippen LogP contribution in [0, 0.1) is 58.2 Å². The van der Waals surface area contributed by atoms with E-state index < -0.39 is 5.97 Å². The maximum absolute atomic E-state index is 11.6. The second-order valence-corrected chi connectivity index (χ2v) is 13.0. The Morgan fingerprint density at radius 1 is 0.900 bits per heavy atom. The number of hydrogen-bond donors (Lipinski definition) is 1. The van der Waals surface area contributed by atoms with Crippen molar-refractivity contribution in [2.45, 2.75) is 112 Å². The molecule has 4 aliphatic rings. The fourth-order valence-corrected chi connectivity index (χ4v) is 9.51. The van der Waals surface area contributed by atoms with Crippen molar-refractivity contribution >= 4 is 5.97 Å². The number of carboxylic acids is 1. The minimum Gasteiger partial charge on any atom is -0.481 e. The van der Waals surface area contributed by atoms with Crippen LogP contribution in [0.15, 0.2) is 0 Å². The molecular weight excluding hydrogens is 368 g/mol. The van der Waals surface area contributed by atoms with E-state index in [-0.39, 0.29) is 5.92 Å². The lowest BCUT2D eigenvalue weighted by Crippen LogP contribution is -2.54. The minimum atomic E-state index is -0.541. The maximum atomic E-state index is 11.6. The van der Waals surface area contributed by atoms with Crippen molar-refractivity contribution in [2.24, 2.45) is 58.2 Å². The molecule has 2 nitrogen and oxygen atoms in total. The number of rotatable bonds is 6. The number of aliphatic carboxylic acids is 1. The third-order valence-corrected chi connectivity index (χ3v) is 11.2. The zero-order chi connectivity index (χ0) is 21.7. The second kappa shape index (κ2) is 8.43. The van der Waals surface area contributed by atoms with Gasteiger partial charge in [-0.1, -0.05) is 53.9 Å². The molecule has 4 saturated carbocycles. The molecule has 0 heterocycles. The summed E-state index contributed by atoms with van der Waals surface area (Å²) in [6.45, 7) is 12.5. The minimum absolute atomic E-state index is 0.0731. The predicted molar refractivity (Wildman–Crippen MR) is 124 cm³/mol. The summed E-state index contributed by atoms with van der Waals surface area (Å²) >= 11 is 0. The van der Waals surface area contributed by atoms with Gasteiger partial charge in [0.25, 0.3) is 0 Å². The Kier molecular flexibility index (Phi) is 6.37. The van der Waals surface area contributed by atoms with Gasteiger partial charge in [0.15, 0.2) is 0 Å². The van der Waals surface area contributed by atoms with Gasteiger partial charge < -0.3 is 5.11 Å². The SMILES string of the molecule is CC(C)CCC[C@@H](C)[C@H]1CC[C@H]2[C@@H]3CC[C@H]4C[C@H](C(=O)O)CC[C@]4(C)[C@H]3CC[C@]12C. The van der Waals surface area contributed by atoms with Gasteiger partial charge in [-0.25, -0.2) is 0 Å². The second-order valence-electron chi connectivity index (χ2n) is 13.0. The molecule has 9 atom stereocenters. The maximum Gasteiger partial charge on any atom is 0.306 e. The van der Waals surface area contributed by atoms with Crippen LogP contribution < -0.4 is 0 Å². The molecule has 0 aromatic rings. The normalized spacial score (nSPS) is 46.7. The average molecular weight is 417 g/mol. The smallest absolute Gasteiger partial charge is 0.306 e. The Balaban J connectivity index is 1.45. The summed E-state index contributed by atoms with van der Waals surface area (Å²) in [5.74, 6) is 5.41. The molecule has 0 aromatic carbocycles. The topological polar surface area (TPSA) is 37.3 Å². The van der Waals surface area contributed by atoms with Crippen molar-refractivity contribution in [1.29, 1.82) is 0 Å². The monoisotopic (exact) mass is 416 g/mol. The summed E-state index contributed by atoms with van der Waals surface area (Å²) in [7, 11) is 0. The fourth-order valence-electron chi connectivity index (χ4n) is 9.51. The van der Waals surface area contributed by atoms with E-state index in [0.29, 0.717) is 16.7 Å². The van der Waals surface area contributed by atoms with Crippen LogP contribution in [0.5, 0.6) is 0 Å². The molecule has 0 aromatic heterocycles. The van der Waals surface area contributed by atoms with Gasteiger partial charge in [0.1, 0.15) is 0 Å². The lowest BCUT2D eigenvalue weighted by Gasteiger charge is -2.61. The summed E-state index contributed by atoms with van der Waals surface area (Å²) in [6, 6.07) is 0. The first kappa shape index (κ1) is 22.7. The molecule has 0 saturated heterocycles. The third-order valence-electron chi connectivity index (χ3n) is 11.2. The Morgan fingerprint density at radius 3 is 2.30 bits per heavy atom. The molecular formula is C28H48O2. The molecule has 4 aliphatic carbocycles. The highest BCUT2D eigenvalue weighted by molar-refractivity contribution is 5.70. The van der Waals surface area contributed by atoms with Gasteiger partial charge >= 0.3 is 5.97 Å². The Morgan fingerprint density at radius 2 is 1.60 bits per heavy atom.